The van der Waals surface area contributed by atoms with Gasteiger partial charge in [0.2, 0.25) is 0 Å². The molecule has 0 fully saturated rings. The van der Waals surface area contributed by atoms with Crippen LogP contribution in [-0.4, -0.2) is 9.85 Å². The minimum Gasteiger partial charge on any atom is -0.375 e. The minimum absolute atomic E-state index is 0.0300. The topological polar surface area (TPSA) is 98.3 Å². The summed E-state index contributed by atoms with van der Waals surface area (Å²) >= 11 is 6.81. The highest BCUT2D eigenvalue weighted by atomic mass is 35.5. The van der Waals surface area contributed by atoms with E-state index in [4.69, 9.17) is 11.6 Å². The monoisotopic (exact) mass is 313 g/mol. The Morgan fingerprint density at radius 1 is 1.20 bits per heavy atom. The third kappa shape index (κ3) is 3.22. The van der Waals surface area contributed by atoms with Crippen molar-refractivity contribution in [3.63, 3.8) is 0 Å². The molecule has 7 nitrogen and oxygen atoms in total. The molecule has 1 N–H and O–H groups in total. The van der Waals surface area contributed by atoms with Crippen LogP contribution in [0.1, 0.15) is 5.56 Å². The lowest BCUT2D eigenvalue weighted by molar-refractivity contribution is -0.384. The van der Waals surface area contributed by atoms with E-state index in [2.05, 4.69) is 5.32 Å². The number of hydrogen-bond acceptors (Lipinski definition) is 6. The fourth-order valence-electron chi connectivity index (χ4n) is 1.56. The van der Waals surface area contributed by atoms with Gasteiger partial charge in [0.15, 0.2) is 0 Å². The van der Waals surface area contributed by atoms with Gasteiger partial charge in [-0.2, -0.15) is 0 Å². The summed E-state index contributed by atoms with van der Waals surface area (Å²) < 4.78 is 0. The van der Waals surface area contributed by atoms with Gasteiger partial charge < -0.3 is 5.32 Å². The zero-order chi connectivity index (χ0) is 14.7. The third-order valence-corrected chi connectivity index (χ3v) is 3.62. The third-order valence-electron chi connectivity index (χ3n) is 2.46. The average molecular weight is 314 g/mol. The van der Waals surface area contributed by atoms with Gasteiger partial charge in [0.1, 0.15) is 5.69 Å². The van der Waals surface area contributed by atoms with E-state index in [0.717, 1.165) is 11.3 Å². The first-order chi connectivity index (χ1) is 9.47. The van der Waals surface area contributed by atoms with Crippen LogP contribution in [0.5, 0.6) is 0 Å². The first-order valence-electron chi connectivity index (χ1n) is 5.37. The van der Waals surface area contributed by atoms with Gasteiger partial charge in [-0.3, -0.25) is 20.2 Å². The molecule has 2 rings (SSSR count). The summed E-state index contributed by atoms with van der Waals surface area (Å²) in [6.45, 7) is 0.242. The molecule has 0 radical (unpaired) electrons. The van der Waals surface area contributed by atoms with Crippen LogP contribution in [0.25, 0.3) is 0 Å². The van der Waals surface area contributed by atoms with E-state index in [9.17, 15) is 20.2 Å². The number of halogens is 1. The number of benzene rings is 1. The number of nitrogens with zero attached hydrogens (tertiary/aromatic N) is 2. The number of anilines is 1. The van der Waals surface area contributed by atoms with E-state index >= 15 is 0 Å². The molecular formula is C11H8ClN3O4S. The highest BCUT2D eigenvalue weighted by molar-refractivity contribution is 7.13. The molecule has 1 aromatic carbocycles. The number of nitro groups is 2. The van der Waals surface area contributed by atoms with Gasteiger partial charge in [-0.05, 0) is 17.7 Å². The molecule has 0 aliphatic rings. The van der Waals surface area contributed by atoms with Gasteiger partial charge >= 0.3 is 5.00 Å². The molecule has 0 bridgehead atoms. The fraction of sp³-hybridized carbons (Fsp3) is 0.0909. The van der Waals surface area contributed by atoms with E-state index in [0.29, 0.717) is 10.6 Å². The molecule has 0 spiro atoms. The summed E-state index contributed by atoms with van der Waals surface area (Å²) in [6, 6.07) is 5.61. The maximum atomic E-state index is 10.9. The zero-order valence-corrected chi connectivity index (χ0v) is 11.5. The summed E-state index contributed by atoms with van der Waals surface area (Å²) in [6.07, 6.45) is 0. The molecule has 2 aromatic rings. The maximum Gasteiger partial charge on any atom is 0.324 e. The summed E-state index contributed by atoms with van der Waals surface area (Å²) in [5, 5.41) is 26.3. The normalized spacial score (nSPS) is 10.2. The molecule has 0 aliphatic carbocycles. The minimum atomic E-state index is -0.519. The highest BCUT2D eigenvalue weighted by Crippen LogP contribution is 2.29. The Bertz CT molecular complexity index is 673. The molecular weight excluding hydrogens is 306 g/mol. The molecule has 1 heterocycles. The van der Waals surface area contributed by atoms with E-state index in [1.807, 2.05) is 0 Å². The number of nitrogens with one attached hydrogen (secondary N) is 1. The van der Waals surface area contributed by atoms with Crippen molar-refractivity contribution in [1.29, 1.82) is 0 Å². The van der Waals surface area contributed by atoms with Crippen LogP contribution in [0.4, 0.5) is 16.4 Å². The second-order valence-corrected chi connectivity index (χ2v) is 5.15. The van der Waals surface area contributed by atoms with E-state index in [1.165, 1.54) is 24.3 Å². The van der Waals surface area contributed by atoms with Crippen LogP contribution in [0, 0.1) is 20.2 Å². The van der Waals surface area contributed by atoms with Crippen LogP contribution < -0.4 is 5.32 Å². The lowest BCUT2D eigenvalue weighted by atomic mass is 10.2. The molecule has 0 saturated carbocycles. The van der Waals surface area contributed by atoms with Gasteiger partial charge in [-0.15, -0.1) is 0 Å². The Balaban J connectivity index is 2.15. The first-order valence-corrected chi connectivity index (χ1v) is 6.63. The summed E-state index contributed by atoms with van der Waals surface area (Å²) in [5.74, 6) is 0. The first kappa shape index (κ1) is 14.2. The Hall–Kier alpha value is -2.19. The Labute approximate surface area is 122 Å². The average Bonchev–Trinajstić information content (AvgIpc) is 2.85. The van der Waals surface area contributed by atoms with Crippen molar-refractivity contribution in [1.82, 2.24) is 0 Å². The number of rotatable bonds is 5. The predicted molar refractivity (Wildman–Crippen MR) is 76.4 cm³/mol. The molecule has 0 unspecified atom stereocenters. The summed E-state index contributed by atoms with van der Waals surface area (Å²) in [5.41, 5.74) is 0.853. The van der Waals surface area contributed by atoms with Crippen LogP contribution in [0.2, 0.25) is 5.02 Å². The van der Waals surface area contributed by atoms with Gasteiger partial charge in [0, 0.05) is 29.1 Å². The summed E-state index contributed by atoms with van der Waals surface area (Å²) in [4.78, 5) is 20.4. The number of nitro benzene ring substituents is 1. The fourth-order valence-corrected chi connectivity index (χ4v) is 2.46. The molecule has 0 aliphatic heterocycles. The lowest BCUT2D eigenvalue weighted by Crippen LogP contribution is -2.01. The van der Waals surface area contributed by atoms with Gasteiger partial charge in [0.25, 0.3) is 5.69 Å². The van der Waals surface area contributed by atoms with Crippen LogP contribution in [-0.2, 0) is 6.54 Å². The largest absolute Gasteiger partial charge is 0.375 e. The van der Waals surface area contributed by atoms with E-state index < -0.39 is 9.85 Å². The second kappa shape index (κ2) is 5.85. The molecule has 1 aromatic heterocycles. The molecule has 20 heavy (non-hydrogen) atoms. The quantitative estimate of drug-likeness (QED) is 0.668. The van der Waals surface area contributed by atoms with Crippen molar-refractivity contribution < 1.29 is 9.85 Å². The van der Waals surface area contributed by atoms with Crippen molar-refractivity contribution in [2.75, 3.05) is 5.32 Å². The van der Waals surface area contributed by atoms with Crippen molar-refractivity contribution in [2.45, 2.75) is 6.54 Å². The van der Waals surface area contributed by atoms with E-state index in [1.54, 1.807) is 5.38 Å². The Morgan fingerprint density at radius 3 is 2.55 bits per heavy atom. The molecule has 104 valence electrons. The predicted octanol–water partition coefficient (Wildman–Crippen LogP) is 3.83. The molecule has 0 saturated heterocycles. The van der Waals surface area contributed by atoms with Crippen LogP contribution in [0.15, 0.2) is 29.6 Å². The smallest absolute Gasteiger partial charge is 0.324 e. The molecule has 9 heteroatoms. The highest BCUT2D eigenvalue weighted by Gasteiger charge is 2.15. The standard InChI is InChI=1S/C11H8ClN3O4S/c12-8-1-2-10(14(16)17)9(4-8)13-5-7-3-11(15(18)19)20-6-7/h1-4,6,13H,5H2. The van der Waals surface area contributed by atoms with Crippen molar-refractivity contribution in [3.05, 3.63) is 60.5 Å². The number of hydrogen-bond donors (Lipinski definition) is 1. The Kier molecular flexibility index (Phi) is 4.16. The van der Waals surface area contributed by atoms with Crippen LogP contribution in [0.3, 0.4) is 0 Å². The lowest BCUT2D eigenvalue weighted by Gasteiger charge is -2.06. The zero-order valence-electron chi connectivity index (χ0n) is 9.91. The SMILES string of the molecule is O=[N+]([O-])c1cc(CNc2cc(Cl)ccc2[N+](=O)[O-])cs1. The van der Waals surface area contributed by atoms with Crippen LogP contribution >= 0.6 is 22.9 Å². The van der Waals surface area contributed by atoms with Gasteiger partial charge in [-0.25, -0.2) is 0 Å². The van der Waals surface area contributed by atoms with Gasteiger partial charge in [-0.1, -0.05) is 22.9 Å². The molecule has 0 amide bonds. The maximum absolute atomic E-state index is 10.9. The summed E-state index contributed by atoms with van der Waals surface area (Å²) in [7, 11) is 0. The van der Waals surface area contributed by atoms with Crippen molar-refractivity contribution in [2.24, 2.45) is 0 Å². The second-order valence-electron chi connectivity index (χ2n) is 3.82. The van der Waals surface area contributed by atoms with Crippen molar-refractivity contribution in [3.8, 4) is 0 Å². The van der Waals surface area contributed by atoms with Crippen molar-refractivity contribution >= 4 is 39.3 Å². The number of thiophene rings is 1. The van der Waals surface area contributed by atoms with Gasteiger partial charge in [0.05, 0.1) is 9.85 Å². The van der Waals surface area contributed by atoms with E-state index in [-0.39, 0.29) is 22.9 Å². The Morgan fingerprint density at radius 2 is 1.95 bits per heavy atom. The molecule has 0 atom stereocenters.